The van der Waals surface area contributed by atoms with Crippen LogP contribution >= 0.6 is 11.5 Å². The summed E-state index contributed by atoms with van der Waals surface area (Å²) >= 11 is 1.42. The van der Waals surface area contributed by atoms with E-state index in [4.69, 9.17) is 4.74 Å². The van der Waals surface area contributed by atoms with Crippen LogP contribution in [-0.4, -0.2) is 53.5 Å². The molecule has 6 nitrogen and oxygen atoms in total. The zero-order valence-corrected chi connectivity index (χ0v) is 14.1. The van der Waals surface area contributed by atoms with Crippen LogP contribution in [0.2, 0.25) is 0 Å². The van der Waals surface area contributed by atoms with Crippen LogP contribution in [0.3, 0.4) is 0 Å². The standard InChI is InChI=1S/C15H24N4O2S/c1-18(14(20)11-5-3-6-11)12-7-4-8-19(9-12)15-16-13(10-21-2)17-22-15/h11-12H,3-10H2,1-2H3. The number of rotatable bonds is 5. The fraction of sp³-hybridized carbons (Fsp3) is 0.800. The van der Waals surface area contributed by atoms with E-state index in [-0.39, 0.29) is 12.0 Å². The lowest BCUT2D eigenvalue weighted by atomic mass is 9.84. The molecule has 0 radical (unpaired) electrons. The molecule has 1 aliphatic carbocycles. The monoisotopic (exact) mass is 324 g/mol. The lowest BCUT2D eigenvalue weighted by Crippen LogP contribution is -2.50. The van der Waals surface area contributed by atoms with E-state index >= 15 is 0 Å². The number of anilines is 1. The highest BCUT2D eigenvalue weighted by Crippen LogP contribution is 2.30. The Hall–Kier alpha value is -1.21. The SMILES string of the molecule is COCc1nsc(N2CCCC(N(C)C(=O)C3CCC3)C2)n1. The molecule has 1 aliphatic heterocycles. The van der Waals surface area contributed by atoms with Crippen molar-refractivity contribution in [3.8, 4) is 0 Å². The molecule has 1 saturated carbocycles. The number of amides is 1. The summed E-state index contributed by atoms with van der Waals surface area (Å²) in [5, 5.41) is 0.946. The van der Waals surface area contributed by atoms with Gasteiger partial charge in [0.1, 0.15) is 6.61 Å². The second-order valence-electron chi connectivity index (χ2n) is 6.25. The summed E-state index contributed by atoms with van der Waals surface area (Å²) in [5.74, 6) is 1.34. The van der Waals surface area contributed by atoms with E-state index in [9.17, 15) is 4.79 Å². The average Bonchev–Trinajstić information content (AvgIpc) is 2.94. The minimum Gasteiger partial charge on any atom is -0.377 e. The maximum Gasteiger partial charge on any atom is 0.225 e. The zero-order chi connectivity index (χ0) is 15.5. The minimum atomic E-state index is 0.273. The molecule has 3 rings (SSSR count). The predicted molar refractivity (Wildman–Crippen MR) is 86.0 cm³/mol. The molecule has 7 heteroatoms. The molecule has 0 spiro atoms. The Labute approximate surface area is 135 Å². The summed E-state index contributed by atoms with van der Waals surface area (Å²) in [5.41, 5.74) is 0. The van der Waals surface area contributed by atoms with Crippen LogP contribution < -0.4 is 4.90 Å². The van der Waals surface area contributed by atoms with E-state index in [0.29, 0.717) is 12.5 Å². The van der Waals surface area contributed by atoms with Crippen molar-refractivity contribution in [1.82, 2.24) is 14.3 Å². The summed E-state index contributed by atoms with van der Waals surface area (Å²) in [6.07, 6.45) is 5.50. The summed E-state index contributed by atoms with van der Waals surface area (Å²) in [7, 11) is 3.62. The number of ether oxygens (including phenoxy) is 1. The molecule has 1 aromatic rings. The third kappa shape index (κ3) is 3.25. The normalized spacial score (nSPS) is 22.5. The van der Waals surface area contributed by atoms with E-state index in [1.165, 1.54) is 18.0 Å². The number of nitrogens with zero attached hydrogens (tertiary/aromatic N) is 4. The van der Waals surface area contributed by atoms with Crippen molar-refractivity contribution in [3.05, 3.63) is 5.82 Å². The molecule has 122 valence electrons. The first-order valence-corrected chi connectivity index (χ1v) is 8.79. The zero-order valence-electron chi connectivity index (χ0n) is 13.3. The average molecular weight is 324 g/mol. The van der Waals surface area contributed by atoms with Gasteiger partial charge in [0.2, 0.25) is 11.0 Å². The summed E-state index contributed by atoms with van der Waals surface area (Å²) in [6, 6.07) is 0.289. The Bertz CT molecular complexity index is 517. The van der Waals surface area contributed by atoms with Crippen LogP contribution in [0.25, 0.3) is 0 Å². The lowest BCUT2D eigenvalue weighted by Gasteiger charge is -2.39. The molecule has 1 unspecified atom stereocenters. The number of carbonyl (C=O) groups excluding carboxylic acids is 1. The van der Waals surface area contributed by atoms with E-state index in [2.05, 4.69) is 14.3 Å². The van der Waals surface area contributed by atoms with Crippen LogP contribution in [-0.2, 0) is 16.1 Å². The molecule has 1 saturated heterocycles. The Morgan fingerprint density at radius 1 is 1.41 bits per heavy atom. The number of piperidine rings is 1. The second-order valence-corrected chi connectivity index (χ2v) is 6.98. The second kappa shape index (κ2) is 6.91. The van der Waals surface area contributed by atoms with Crippen LogP contribution in [0.5, 0.6) is 0 Å². The van der Waals surface area contributed by atoms with Gasteiger partial charge in [-0.15, -0.1) is 0 Å². The van der Waals surface area contributed by atoms with Crippen LogP contribution in [0.15, 0.2) is 0 Å². The third-order valence-electron chi connectivity index (χ3n) is 4.75. The Kier molecular flexibility index (Phi) is 4.93. The fourth-order valence-electron chi connectivity index (χ4n) is 3.13. The van der Waals surface area contributed by atoms with Gasteiger partial charge >= 0.3 is 0 Å². The number of aromatic nitrogens is 2. The summed E-state index contributed by atoms with van der Waals surface area (Å²) in [4.78, 5) is 21.2. The van der Waals surface area contributed by atoms with Crippen LogP contribution in [0, 0.1) is 5.92 Å². The quantitative estimate of drug-likeness (QED) is 0.828. The topological polar surface area (TPSA) is 58.6 Å². The van der Waals surface area contributed by atoms with Gasteiger partial charge in [-0.1, -0.05) is 6.42 Å². The van der Waals surface area contributed by atoms with Gasteiger partial charge in [-0.2, -0.15) is 4.37 Å². The smallest absolute Gasteiger partial charge is 0.225 e. The Morgan fingerprint density at radius 3 is 2.91 bits per heavy atom. The highest BCUT2D eigenvalue weighted by atomic mass is 32.1. The van der Waals surface area contributed by atoms with Crippen LogP contribution in [0.1, 0.15) is 37.9 Å². The molecule has 1 atom stereocenters. The van der Waals surface area contributed by atoms with Gasteiger partial charge in [0.25, 0.3) is 0 Å². The van der Waals surface area contributed by atoms with E-state index < -0.39 is 0 Å². The van der Waals surface area contributed by atoms with Crippen molar-refractivity contribution >= 4 is 22.6 Å². The lowest BCUT2D eigenvalue weighted by molar-refractivity contribution is -0.139. The first kappa shape index (κ1) is 15.7. The van der Waals surface area contributed by atoms with Gasteiger partial charge in [0.15, 0.2) is 5.82 Å². The van der Waals surface area contributed by atoms with Crippen molar-refractivity contribution in [3.63, 3.8) is 0 Å². The molecule has 22 heavy (non-hydrogen) atoms. The number of carbonyl (C=O) groups is 1. The highest BCUT2D eigenvalue weighted by Gasteiger charge is 2.33. The van der Waals surface area contributed by atoms with Gasteiger partial charge < -0.3 is 14.5 Å². The van der Waals surface area contributed by atoms with Crippen molar-refractivity contribution in [2.24, 2.45) is 5.92 Å². The predicted octanol–water partition coefficient (Wildman–Crippen LogP) is 1.91. The first-order valence-electron chi connectivity index (χ1n) is 8.02. The van der Waals surface area contributed by atoms with Crippen molar-refractivity contribution in [1.29, 1.82) is 0 Å². The molecular formula is C15H24N4O2S. The van der Waals surface area contributed by atoms with Gasteiger partial charge in [-0.05, 0) is 25.7 Å². The van der Waals surface area contributed by atoms with Gasteiger partial charge in [0, 0.05) is 50.7 Å². The maximum atomic E-state index is 12.4. The van der Waals surface area contributed by atoms with E-state index in [1.54, 1.807) is 7.11 Å². The Morgan fingerprint density at radius 2 is 2.23 bits per heavy atom. The molecular weight excluding hydrogens is 300 g/mol. The van der Waals surface area contributed by atoms with Gasteiger partial charge in [0.05, 0.1) is 0 Å². The third-order valence-corrected chi connectivity index (χ3v) is 5.56. The number of methoxy groups -OCH3 is 1. The van der Waals surface area contributed by atoms with E-state index in [0.717, 1.165) is 49.7 Å². The first-order chi connectivity index (χ1) is 10.7. The minimum absolute atomic E-state index is 0.273. The molecule has 2 heterocycles. The fourth-order valence-corrected chi connectivity index (χ4v) is 3.84. The molecule has 1 amide bonds. The largest absolute Gasteiger partial charge is 0.377 e. The maximum absolute atomic E-state index is 12.4. The molecule has 0 aromatic carbocycles. The molecule has 1 aromatic heterocycles. The number of hydrogen-bond acceptors (Lipinski definition) is 6. The number of likely N-dealkylation sites (N-methyl/N-ethyl adjacent to an activating group) is 1. The molecule has 0 bridgehead atoms. The van der Waals surface area contributed by atoms with Crippen molar-refractivity contribution < 1.29 is 9.53 Å². The van der Waals surface area contributed by atoms with Crippen molar-refractivity contribution in [2.45, 2.75) is 44.8 Å². The van der Waals surface area contributed by atoms with Crippen molar-refractivity contribution in [2.75, 3.05) is 32.1 Å². The molecule has 2 aliphatic rings. The molecule has 0 N–H and O–H groups in total. The highest BCUT2D eigenvalue weighted by molar-refractivity contribution is 7.09. The van der Waals surface area contributed by atoms with E-state index in [1.807, 2.05) is 11.9 Å². The van der Waals surface area contributed by atoms with Crippen LogP contribution in [0.4, 0.5) is 5.13 Å². The summed E-state index contributed by atoms with van der Waals surface area (Å²) < 4.78 is 9.39. The van der Waals surface area contributed by atoms with Gasteiger partial charge in [-0.25, -0.2) is 4.98 Å². The number of hydrogen-bond donors (Lipinski definition) is 0. The van der Waals surface area contributed by atoms with Gasteiger partial charge in [-0.3, -0.25) is 4.79 Å². The summed E-state index contributed by atoms with van der Waals surface area (Å²) in [6.45, 7) is 2.30. The molecule has 2 fully saturated rings. The Balaban J connectivity index is 1.61.